The minimum atomic E-state index is -0.780. The van der Waals surface area contributed by atoms with E-state index in [0.717, 1.165) is 21.9 Å². The van der Waals surface area contributed by atoms with Gasteiger partial charge >= 0.3 is 0 Å². The largest absolute Gasteiger partial charge is 0.356 e. The number of nitrogens with zero attached hydrogens (tertiary/aromatic N) is 2. The SMILES string of the molecule is Cc1sc2nc(CNC(=O)[C@H]3OCC(=O)N[C@@H]3c3ccccc3)cn2c1C. The molecule has 0 spiro atoms. The zero-order valence-corrected chi connectivity index (χ0v) is 15.9. The van der Waals surface area contributed by atoms with Crippen molar-refractivity contribution < 1.29 is 14.3 Å². The summed E-state index contributed by atoms with van der Waals surface area (Å²) in [7, 11) is 0. The number of rotatable bonds is 4. The summed E-state index contributed by atoms with van der Waals surface area (Å²) in [5.41, 5.74) is 2.77. The Bertz CT molecular complexity index is 995. The number of hydrogen-bond acceptors (Lipinski definition) is 5. The molecule has 27 heavy (non-hydrogen) atoms. The number of nitrogens with one attached hydrogen (secondary N) is 2. The molecular weight excluding hydrogens is 364 g/mol. The van der Waals surface area contributed by atoms with Crippen molar-refractivity contribution in [2.75, 3.05) is 6.61 Å². The molecule has 1 aliphatic rings. The molecule has 1 fully saturated rings. The Morgan fingerprint density at radius 2 is 2.15 bits per heavy atom. The number of fused-ring (bicyclic) bond motifs is 1. The van der Waals surface area contributed by atoms with Gasteiger partial charge in [0.05, 0.1) is 18.3 Å². The first-order valence-corrected chi connectivity index (χ1v) is 9.52. The molecule has 140 valence electrons. The van der Waals surface area contributed by atoms with Gasteiger partial charge in [-0.05, 0) is 19.4 Å². The van der Waals surface area contributed by atoms with E-state index in [2.05, 4.69) is 22.5 Å². The maximum absolute atomic E-state index is 12.7. The second kappa shape index (κ2) is 7.13. The van der Waals surface area contributed by atoms with E-state index < -0.39 is 12.1 Å². The topological polar surface area (TPSA) is 84.7 Å². The predicted molar refractivity (Wildman–Crippen MR) is 101 cm³/mol. The van der Waals surface area contributed by atoms with Gasteiger partial charge in [0.1, 0.15) is 6.61 Å². The average Bonchev–Trinajstić information content (AvgIpc) is 3.19. The van der Waals surface area contributed by atoms with Gasteiger partial charge in [-0.2, -0.15) is 0 Å². The number of aromatic nitrogens is 2. The number of carbonyl (C=O) groups excluding carboxylic acids is 2. The third-order valence-electron chi connectivity index (χ3n) is 4.71. The second-order valence-electron chi connectivity index (χ2n) is 6.53. The van der Waals surface area contributed by atoms with Gasteiger partial charge in [0.2, 0.25) is 5.91 Å². The van der Waals surface area contributed by atoms with E-state index >= 15 is 0 Å². The van der Waals surface area contributed by atoms with Crippen LogP contribution in [-0.4, -0.2) is 33.9 Å². The van der Waals surface area contributed by atoms with Gasteiger partial charge in [-0.1, -0.05) is 30.3 Å². The van der Waals surface area contributed by atoms with E-state index in [1.165, 1.54) is 4.88 Å². The molecule has 0 unspecified atom stereocenters. The molecule has 0 bridgehead atoms. The Balaban J connectivity index is 1.47. The Labute approximate surface area is 160 Å². The van der Waals surface area contributed by atoms with Gasteiger partial charge in [-0.15, -0.1) is 11.3 Å². The molecule has 0 aliphatic carbocycles. The van der Waals surface area contributed by atoms with Crippen molar-refractivity contribution >= 4 is 28.1 Å². The lowest BCUT2D eigenvalue weighted by Gasteiger charge is -2.31. The molecular formula is C19H20N4O3S. The highest BCUT2D eigenvalue weighted by Gasteiger charge is 2.35. The van der Waals surface area contributed by atoms with Crippen LogP contribution < -0.4 is 10.6 Å². The minimum absolute atomic E-state index is 0.125. The minimum Gasteiger partial charge on any atom is -0.356 e. The number of ether oxygens (including phenoxy) is 1. The Morgan fingerprint density at radius 1 is 1.37 bits per heavy atom. The molecule has 0 saturated carbocycles. The van der Waals surface area contributed by atoms with Crippen LogP contribution >= 0.6 is 11.3 Å². The summed E-state index contributed by atoms with van der Waals surface area (Å²) in [5.74, 6) is -0.499. The standard InChI is InChI=1S/C19H20N4O3S/c1-11-12(2)27-19-21-14(9-23(11)19)8-20-18(25)17-16(22-15(24)10-26-17)13-6-4-3-5-7-13/h3-7,9,16-17H,8,10H2,1-2H3,(H,20,25)(H,22,24)/t16-,17+/m1/s1. The molecule has 2 amide bonds. The van der Waals surface area contributed by atoms with Crippen molar-refractivity contribution in [3.05, 3.63) is 58.4 Å². The number of hydrogen-bond donors (Lipinski definition) is 2. The van der Waals surface area contributed by atoms with Gasteiger partial charge in [-0.3, -0.25) is 14.0 Å². The van der Waals surface area contributed by atoms with Crippen molar-refractivity contribution in [1.82, 2.24) is 20.0 Å². The summed E-state index contributed by atoms with van der Waals surface area (Å²) < 4.78 is 7.57. The molecule has 8 heteroatoms. The fourth-order valence-corrected chi connectivity index (χ4v) is 4.13. The smallest absolute Gasteiger partial charge is 0.251 e. The van der Waals surface area contributed by atoms with Crippen molar-refractivity contribution in [3.8, 4) is 0 Å². The molecule has 1 aromatic carbocycles. The van der Waals surface area contributed by atoms with E-state index in [1.807, 2.05) is 47.9 Å². The van der Waals surface area contributed by atoms with E-state index in [1.54, 1.807) is 11.3 Å². The molecule has 2 N–H and O–H groups in total. The maximum Gasteiger partial charge on any atom is 0.251 e. The third kappa shape index (κ3) is 3.45. The predicted octanol–water partition coefficient (Wildman–Crippen LogP) is 1.89. The second-order valence-corrected chi connectivity index (χ2v) is 7.72. The van der Waals surface area contributed by atoms with Crippen LogP contribution in [0.1, 0.15) is 27.9 Å². The van der Waals surface area contributed by atoms with Crippen molar-refractivity contribution in [1.29, 1.82) is 0 Å². The van der Waals surface area contributed by atoms with Crippen molar-refractivity contribution in [2.24, 2.45) is 0 Å². The van der Waals surface area contributed by atoms with E-state index in [4.69, 9.17) is 4.74 Å². The molecule has 3 heterocycles. The number of imidazole rings is 1. The lowest BCUT2D eigenvalue weighted by molar-refractivity contribution is -0.148. The molecule has 7 nitrogen and oxygen atoms in total. The van der Waals surface area contributed by atoms with Crippen LogP contribution in [0.2, 0.25) is 0 Å². The van der Waals surface area contributed by atoms with Crippen LogP contribution in [0.15, 0.2) is 36.5 Å². The lowest BCUT2D eigenvalue weighted by atomic mass is 9.99. The lowest BCUT2D eigenvalue weighted by Crippen LogP contribution is -2.52. The van der Waals surface area contributed by atoms with E-state index in [-0.39, 0.29) is 18.4 Å². The van der Waals surface area contributed by atoms with Crippen LogP contribution in [0.4, 0.5) is 0 Å². The molecule has 2 aromatic heterocycles. The maximum atomic E-state index is 12.7. The summed E-state index contributed by atoms with van der Waals surface area (Å²) in [5, 5.41) is 5.73. The highest BCUT2D eigenvalue weighted by atomic mass is 32.1. The Kier molecular flexibility index (Phi) is 4.67. The zero-order chi connectivity index (χ0) is 19.0. The Morgan fingerprint density at radius 3 is 2.89 bits per heavy atom. The highest BCUT2D eigenvalue weighted by Crippen LogP contribution is 2.23. The van der Waals surface area contributed by atoms with Gasteiger partial charge < -0.3 is 15.4 Å². The highest BCUT2D eigenvalue weighted by molar-refractivity contribution is 7.17. The van der Waals surface area contributed by atoms with Crippen LogP contribution in [0.5, 0.6) is 0 Å². The Hall–Kier alpha value is -2.71. The van der Waals surface area contributed by atoms with Gasteiger partial charge in [0, 0.05) is 16.8 Å². The zero-order valence-electron chi connectivity index (χ0n) is 15.1. The third-order valence-corrected chi connectivity index (χ3v) is 5.78. The van der Waals surface area contributed by atoms with Gasteiger partial charge in [-0.25, -0.2) is 4.98 Å². The summed E-state index contributed by atoms with van der Waals surface area (Å²) in [6.45, 7) is 4.29. The van der Waals surface area contributed by atoms with E-state index in [9.17, 15) is 9.59 Å². The van der Waals surface area contributed by atoms with Crippen LogP contribution in [0.25, 0.3) is 4.96 Å². The van der Waals surface area contributed by atoms with Crippen LogP contribution in [0, 0.1) is 13.8 Å². The molecule has 2 atom stereocenters. The molecule has 1 aliphatic heterocycles. The molecule has 3 aromatic rings. The number of morpholine rings is 1. The fourth-order valence-electron chi connectivity index (χ4n) is 3.16. The average molecular weight is 384 g/mol. The molecule has 0 radical (unpaired) electrons. The van der Waals surface area contributed by atoms with Crippen LogP contribution in [0.3, 0.4) is 0 Å². The normalized spacial score (nSPS) is 19.9. The van der Waals surface area contributed by atoms with E-state index in [0.29, 0.717) is 6.54 Å². The number of aryl methyl sites for hydroxylation is 2. The number of carbonyl (C=O) groups is 2. The fraction of sp³-hybridized carbons (Fsp3) is 0.316. The molecule has 1 saturated heterocycles. The molecule has 4 rings (SSSR count). The summed E-state index contributed by atoms with van der Waals surface area (Å²) in [6.07, 6.45) is 1.16. The van der Waals surface area contributed by atoms with Crippen molar-refractivity contribution in [3.63, 3.8) is 0 Å². The van der Waals surface area contributed by atoms with Gasteiger partial charge in [0.25, 0.3) is 5.91 Å². The number of amides is 2. The summed E-state index contributed by atoms with van der Waals surface area (Å²) in [4.78, 5) is 31.2. The quantitative estimate of drug-likeness (QED) is 0.719. The summed E-state index contributed by atoms with van der Waals surface area (Å²) >= 11 is 1.63. The first-order chi connectivity index (χ1) is 13.0. The first-order valence-electron chi connectivity index (χ1n) is 8.70. The van der Waals surface area contributed by atoms with Gasteiger partial charge in [0.15, 0.2) is 11.1 Å². The number of benzene rings is 1. The van der Waals surface area contributed by atoms with Crippen LogP contribution in [-0.2, 0) is 20.9 Å². The first kappa shape index (κ1) is 17.7. The monoisotopic (exact) mass is 384 g/mol. The van der Waals surface area contributed by atoms with Crippen molar-refractivity contribution in [2.45, 2.75) is 32.5 Å². The summed E-state index contributed by atoms with van der Waals surface area (Å²) in [6, 6.07) is 8.85. The number of thiazole rings is 1.